The molecule has 1 N–H and O–H groups in total. The zero-order chi connectivity index (χ0) is 35.4. The van der Waals surface area contributed by atoms with Crippen molar-refractivity contribution in [2.75, 3.05) is 50.2 Å². The van der Waals surface area contributed by atoms with E-state index in [-0.39, 0.29) is 45.0 Å². The first-order valence-electron chi connectivity index (χ1n) is 17.1. The third kappa shape index (κ3) is 5.50. The quantitative estimate of drug-likeness (QED) is 0.370. The zero-order valence-electron chi connectivity index (χ0n) is 28.4. The van der Waals surface area contributed by atoms with Crippen molar-refractivity contribution in [1.82, 2.24) is 20.0 Å². The summed E-state index contributed by atoms with van der Waals surface area (Å²) in [4.78, 5) is 35.6. The molecule has 1 atom stereocenters. The van der Waals surface area contributed by atoms with Crippen molar-refractivity contribution in [2.24, 2.45) is 5.41 Å². The average Bonchev–Trinajstić information content (AvgIpc) is 3.31. The molecule has 3 aromatic carbocycles. The van der Waals surface area contributed by atoms with Gasteiger partial charge in [0.25, 0.3) is 15.9 Å². The Hall–Kier alpha value is -4.51. The molecule has 11 nitrogen and oxygen atoms in total. The van der Waals surface area contributed by atoms with Gasteiger partial charge in [-0.15, -0.1) is 0 Å². The maximum atomic E-state index is 15.0. The SMILES string of the molecule is CCOc1ccccc1C1(NC(=O)N2CC3(C2)CN(C2CCN(C(C)C)CC2)C3)C(=O)N(S(=O)(=O)c2ccc(F)cc2)c2ccc(C#N)cc21. The number of halogens is 1. The van der Waals surface area contributed by atoms with Gasteiger partial charge in [0, 0.05) is 54.8 Å². The van der Waals surface area contributed by atoms with Crippen molar-refractivity contribution in [3.8, 4) is 11.8 Å². The summed E-state index contributed by atoms with van der Waals surface area (Å²) in [5.41, 5.74) is -1.61. The number of benzene rings is 3. The van der Waals surface area contributed by atoms with Gasteiger partial charge in [0.05, 0.1) is 28.8 Å². The lowest BCUT2D eigenvalue weighted by Crippen LogP contribution is -2.76. The number of carbonyl (C=O) groups is 2. The number of sulfonamides is 1. The number of rotatable bonds is 8. The van der Waals surface area contributed by atoms with Crippen LogP contribution in [0.2, 0.25) is 0 Å². The molecule has 0 radical (unpaired) electrons. The Morgan fingerprint density at radius 2 is 1.70 bits per heavy atom. The standard InChI is InChI=1S/C37H41FN6O5S/c1-4-49-33-8-6-5-7-30(33)37(40-35(46)43-23-36(24-43)21-42(22-36)28-15-17-41(18-16-28)25(2)3)31-19-26(20-39)9-14-32(31)44(34(37)45)50(47,48)29-12-10-27(38)11-13-29/h5-14,19,25,28H,4,15-18,21-24H2,1-3H3,(H,40,46). The largest absolute Gasteiger partial charge is 0.493 e. The van der Waals surface area contributed by atoms with Crippen LogP contribution in [0.3, 0.4) is 0 Å². The van der Waals surface area contributed by atoms with E-state index in [1.807, 2.05) is 0 Å². The molecule has 4 heterocycles. The van der Waals surface area contributed by atoms with Crippen LogP contribution in [-0.2, 0) is 20.4 Å². The Kier molecular flexibility index (Phi) is 8.61. The van der Waals surface area contributed by atoms with Gasteiger partial charge in [-0.1, -0.05) is 18.2 Å². The molecule has 1 spiro atoms. The molecule has 0 aromatic heterocycles. The van der Waals surface area contributed by atoms with Gasteiger partial charge in [-0.2, -0.15) is 9.57 Å². The smallest absolute Gasteiger partial charge is 0.318 e. The molecule has 13 heteroatoms. The Bertz CT molecular complexity index is 1960. The lowest BCUT2D eigenvalue weighted by molar-refractivity contribution is -0.124. The van der Waals surface area contributed by atoms with Crippen LogP contribution >= 0.6 is 0 Å². The summed E-state index contributed by atoms with van der Waals surface area (Å²) in [6.45, 7) is 11.5. The number of hydrogen-bond acceptors (Lipinski definition) is 8. The third-order valence-corrected chi connectivity index (χ3v) is 12.4. The Labute approximate surface area is 292 Å². The summed E-state index contributed by atoms with van der Waals surface area (Å²) < 4.78 is 48.8. The molecule has 262 valence electrons. The van der Waals surface area contributed by atoms with Crippen molar-refractivity contribution in [3.05, 3.63) is 89.2 Å². The summed E-state index contributed by atoms with van der Waals surface area (Å²) in [6.07, 6.45) is 2.26. The molecule has 0 bridgehead atoms. The number of nitriles is 1. The van der Waals surface area contributed by atoms with Crippen LogP contribution in [0.4, 0.5) is 14.9 Å². The van der Waals surface area contributed by atoms with Crippen LogP contribution in [0.5, 0.6) is 5.75 Å². The number of fused-ring (bicyclic) bond motifs is 1. The van der Waals surface area contributed by atoms with Gasteiger partial charge < -0.3 is 19.9 Å². The predicted octanol–water partition coefficient (Wildman–Crippen LogP) is 4.28. The fourth-order valence-electron chi connectivity index (χ4n) is 8.10. The minimum Gasteiger partial charge on any atom is -0.493 e. The molecule has 50 heavy (non-hydrogen) atoms. The molecular formula is C37H41FN6O5S. The normalized spacial score (nSPS) is 22.2. The van der Waals surface area contributed by atoms with Crippen LogP contribution in [0.25, 0.3) is 0 Å². The second-order valence-electron chi connectivity index (χ2n) is 14.1. The average molecular weight is 701 g/mol. The maximum Gasteiger partial charge on any atom is 0.318 e. The number of urea groups is 1. The molecule has 3 amide bonds. The molecule has 0 saturated carbocycles. The zero-order valence-corrected chi connectivity index (χ0v) is 29.2. The van der Waals surface area contributed by atoms with Gasteiger partial charge in [0.1, 0.15) is 11.6 Å². The molecule has 7 rings (SSSR count). The number of carbonyl (C=O) groups excluding carboxylic acids is 2. The monoisotopic (exact) mass is 700 g/mol. The summed E-state index contributed by atoms with van der Waals surface area (Å²) in [7, 11) is -4.61. The minimum atomic E-state index is -4.61. The summed E-state index contributed by atoms with van der Waals surface area (Å²) in [5.74, 6) is -1.33. The van der Waals surface area contributed by atoms with Gasteiger partial charge in [-0.25, -0.2) is 17.6 Å². The molecule has 3 aromatic rings. The highest BCUT2D eigenvalue weighted by atomic mass is 32.2. The molecule has 4 aliphatic rings. The fourth-order valence-corrected chi connectivity index (χ4v) is 9.57. The molecule has 0 aliphatic carbocycles. The molecule has 1 unspecified atom stereocenters. The van der Waals surface area contributed by atoms with Crippen LogP contribution in [0.1, 0.15) is 50.3 Å². The number of nitrogens with one attached hydrogen (secondary N) is 1. The number of likely N-dealkylation sites (tertiary alicyclic amines) is 3. The lowest BCUT2D eigenvalue weighted by atomic mass is 9.71. The first kappa shape index (κ1) is 34.0. The van der Waals surface area contributed by atoms with E-state index in [1.54, 1.807) is 36.1 Å². The van der Waals surface area contributed by atoms with E-state index >= 15 is 0 Å². The minimum absolute atomic E-state index is 0.0214. The van der Waals surface area contributed by atoms with Crippen molar-refractivity contribution in [3.63, 3.8) is 0 Å². The number of hydrogen-bond donors (Lipinski definition) is 1. The first-order valence-corrected chi connectivity index (χ1v) is 18.5. The Morgan fingerprint density at radius 3 is 2.34 bits per heavy atom. The van der Waals surface area contributed by atoms with E-state index in [0.717, 1.165) is 63.3 Å². The molecular weight excluding hydrogens is 660 g/mol. The third-order valence-electron chi connectivity index (χ3n) is 10.7. The fraction of sp³-hybridized carbons (Fsp3) is 0.432. The van der Waals surface area contributed by atoms with E-state index in [2.05, 4.69) is 35.0 Å². The summed E-state index contributed by atoms with van der Waals surface area (Å²) in [6, 6.07) is 17.7. The highest BCUT2D eigenvalue weighted by Gasteiger charge is 2.60. The number of piperidine rings is 1. The summed E-state index contributed by atoms with van der Waals surface area (Å²) in [5, 5.41) is 12.8. The van der Waals surface area contributed by atoms with E-state index in [1.165, 1.54) is 18.2 Å². The Morgan fingerprint density at radius 1 is 1.02 bits per heavy atom. The van der Waals surface area contributed by atoms with E-state index in [0.29, 0.717) is 29.5 Å². The second kappa shape index (κ2) is 12.7. The number of nitrogens with zero attached hydrogens (tertiary/aromatic N) is 5. The number of anilines is 1. The van der Waals surface area contributed by atoms with Crippen LogP contribution < -0.4 is 14.4 Å². The lowest BCUT2D eigenvalue weighted by Gasteiger charge is -2.62. The van der Waals surface area contributed by atoms with Gasteiger partial charge in [0.15, 0.2) is 5.54 Å². The number of amides is 3. The van der Waals surface area contributed by atoms with Crippen molar-refractivity contribution in [1.29, 1.82) is 5.26 Å². The van der Waals surface area contributed by atoms with Crippen LogP contribution in [0, 0.1) is 22.6 Å². The second-order valence-corrected chi connectivity index (χ2v) is 15.9. The van der Waals surface area contributed by atoms with Gasteiger partial charge in [-0.05, 0) is 95.2 Å². The van der Waals surface area contributed by atoms with E-state index in [9.17, 15) is 27.7 Å². The van der Waals surface area contributed by atoms with Crippen LogP contribution in [0.15, 0.2) is 71.6 Å². The number of ether oxygens (including phenoxy) is 1. The first-order chi connectivity index (χ1) is 23.9. The molecule has 4 aliphatic heterocycles. The van der Waals surface area contributed by atoms with Crippen molar-refractivity contribution in [2.45, 2.75) is 56.1 Å². The highest BCUT2D eigenvalue weighted by molar-refractivity contribution is 7.93. The summed E-state index contributed by atoms with van der Waals surface area (Å²) >= 11 is 0. The molecule has 3 saturated heterocycles. The van der Waals surface area contributed by atoms with E-state index < -0.39 is 33.3 Å². The van der Waals surface area contributed by atoms with Crippen molar-refractivity contribution < 1.29 is 27.1 Å². The van der Waals surface area contributed by atoms with Gasteiger partial charge in [0.2, 0.25) is 0 Å². The molecule has 3 fully saturated rings. The van der Waals surface area contributed by atoms with E-state index in [4.69, 9.17) is 4.74 Å². The predicted molar refractivity (Wildman–Crippen MR) is 184 cm³/mol. The Balaban J connectivity index is 1.21. The number of para-hydroxylation sites is 1. The van der Waals surface area contributed by atoms with Crippen LogP contribution in [-0.4, -0.2) is 93.0 Å². The van der Waals surface area contributed by atoms with Gasteiger partial charge >= 0.3 is 6.03 Å². The van der Waals surface area contributed by atoms with Crippen molar-refractivity contribution >= 4 is 27.6 Å². The maximum absolute atomic E-state index is 15.0. The van der Waals surface area contributed by atoms with Gasteiger partial charge in [-0.3, -0.25) is 9.69 Å². The highest BCUT2D eigenvalue weighted by Crippen LogP contribution is 2.50. The topological polar surface area (TPSA) is 126 Å².